The third-order valence-corrected chi connectivity index (χ3v) is 2.71. The third kappa shape index (κ3) is 3.36. The van der Waals surface area contributed by atoms with Crippen molar-refractivity contribution >= 4 is 23.5 Å². The summed E-state index contributed by atoms with van der Waals surface area (Å²) in [5.41, 5.74) is 0.155. The monoisotopic (exact) mass is 290 g/mol. The van der Waals surface area contributed by atoms with Gasteiger partial charge in [0.25, 0.3) is 0 Å². The van der Waals surface area contributed by atoms with Crippen molar-refractivity contribution in [3.63, 3.8) is 0 Å². The first-order chi connectivity index (χ1) is 9.58. The van der Waals surface area contributed by atoms with E-state index in [4.69, 9.17) is 21.1 Å². The van der Waals surface area contributed by atoms with Gasteiger partial charge in [-0.1, -0.05) is 35.9 Å². The van der Waals surface area contributed by atoms with E-state index in [1.165, 1.54) is 19.1 Å². The number of halogens is 1. The lowest BCUT2D eigenvalue weighted by Gasteiger charge is -2.09. The number of hydrogen-bond donors (Lipinski definition) is 0. The quantitative estimate of drug-likeness (QED) is 0.641. The van der Waals surface area contributed by atoms with Gasteiger partial charge in [-0.25, -0.2) is 4.79 Å². The molecule has 0 radical (unpaired) electrons. The second-order valence-corrected chi connectivity index (χ2v) is 4.32. The molecular formula is C15H11ClO4. The van der Waals surface area contributed by atoms with E-state index in [1.54, 1.807) is 36.4 Å². The highest BCUT2D eigenvalue weighted by molar-refractivity contribution is 6.32. The van der Waals surface area contributed by atoms with Crippen molar-refractivity contribution in [2.24, 2.45) is 0 Å². The smallest absolute Gasteiger partial charge is 0.347 e. The summed E-state index contributed by atoms with van der Waals surface area (Å²) in [7, 11) is 0. The number of rotatable bonds is 3. The molecule has 2 rings (SSSR count). The van der Waals surface area contributed by atoms with Crippen LogP contribution in [0.15, 0.2) is 48.5 Å². The van der Waals surface area contributed by atoms with E-state index in [-0.39, 0.29) is 17.1 Å². The molecule has 0 atom stereocenters. The van der Waals surface area contributed by atoms with Crippen LogP contribution < -0.4 is 9.47 Å². The van der Waals surface area contributed by atoms with Crippen LogP contribution in [0.2, 0.25) is 5.02 Å². The van der Waals surface area contributed by atoms with Gasteiger partial charge in [-0.3, -0.25) is 4.79 Å². The summed E-state index contributed by atoms with van der Waals surface area (Å²) >= 11 is 5.92. The SMILES string of the molecule is CC(=O)Oc1ccccc1C(=O)Oc1ccccc1Cl. The maximum atomic E-state index is 12.1. The van der Waals surface area contributed by atoms with Crippen molar-refractivity contribution in [1.29, 1.82) is 0 Å². The van der Waals surface area contributed by atoms with E-state index in [1.807, 2.05) is 0 Å². The van der Waals surface area contributed by atoms with Crippen LogP contribution in [0.3, 0.4) is 0 Å². The van der Waals surface area contributed by atoms with Crippen LogP contribution in [0.4, 0.5) is 0 Å². The van der Waals surface area contributed by atoms with Crippen molar-refractivity contribution in [3.05, 3.63) is 59.1 Å². The Balaban J connectivity index is 2.26. The summed E-state index contributed by atoms with van der Waals surface area (Å²) in [5, 5.41) is 0.325. The maximum Gasteiger partial charge on any atom is 0.347 e. The molecule has 0 amide bonds. The molecule has 20 heavy (non-hydrogen) atoms. The number of hydrogen-bond acceptors (Lipinski definition) is 4. The zero-order valence-electron chi connectivity index (χ0n) is 10.6. The second-order valence-electron chi connectivity index (χ2n) is 3.91. The fourth-order valence-electron chi connectivity index (χ4n) is 1.56. The average molecular weight is 291 g/mol. The molecule has 0 heterocycles. The Kier molecular flexibility index (Phi) is 4.38. The van der Waals surface area contributed by atoms with Crippen molar-refractivity contribution < 1.29 is 19.1 Å². The maximum absolute atomic E-state index is 12.1. The van der Waals surface area contributed by atoms with Crippen LogP contribution in [0, 0.1) is 0 Å². The van der Waals surface area contributed by atoms with Crippen molar-refractivity contribution in [1.82, 2.24) is 0 Å². The number of carbonyl (C=O) groups excluding carboxylic acids is 2. The molecule has 0 aromatic heterocycles. The molecule has 102 valence electrons. The zero-order valence-corrected chi connectivity index (χ0v) is 11.4. The van der Waals surface area contributed by atoms with Crippen LogP contribution in [0.25, 0.3) is 0 Å². The third-order valence-electron chi connectivity index (χ3n) is 2.40. The highest BCUT2D eigenvalue weighted by atomic mass is 35.5. The number of ether oxygens (including phenoxy) is 2. The topological polar surface area (TPSA) is 52.6 Å². The van der Waals surface area contributed by atoms with Gasteiger partial charge < -0.3 is 9.47 Å². The van der Waals surface area contributed by atoms with E-state index in [9.17, 15) is 9.59 Å². The number of benzene rings is 2. The fraction of sp³-hybridized carbons (Fsp3) is 0.0667. The van der Waals surface area contributed by atoms with Gasteiger partial charge >= 0.3 is 11.9 Å². The Morgan fingerprint density at radius 1 is 0.900 bits per heavy atom. The summed E-state index contributed by atoms with van der Waals surface area (Å²) < 4.78 is 10.2. The Hall–Kier alpha value is -2.33. The molecule has 0 saturated carbocycles. The Morgan fingerprint density at radius 3 is 2.15 bits per heavy atom. The zero-order chi connectivity index (χ0) is 14.5. The largest absolute Gasteiger partial charge is 0.426 e. The molecule has 0 bridgehead atoms. The Bertz CT molecular complexity index is 652. The summed E-state index contributed by atoms with van der Waals surface area (Å²) in [4.78, 5) is 23.1. The summed E-state index contributed by atoms with van der Waals surface area (Å²) in [6.45, 7) is 1.26. The number of esters is 2. The predicted octanol–water partition coefficient (Wildman–Crippen LogP) is 3.48. The van der Waals surface area contributed by atoms with Gasteiger partial charge in [-0.15, -0.1) is 0 Å². The standard InChI is InChI=1S/C15H11ClO4/c1-10(17)19-13-8-4-2-6-11(13)15(18)20-14-9-5-3-7-12(14)16/h2-9H,1H3. The van der Waals surface area contributed by atoms with Crippen LogP contribution >= 0.6 is 11.6 Å². The van der Waals surface area contributed by atoms with Crippen LogP contribution in [-0.2, 0) is 4.79 Å². The first-order valence-corrected chi connectivity index (χ1v) is 6.20. The van der Waals surface area contributed by atoms with Gasteiger partial charge in [-0.05, 0) is 24.3 Å². The molecule has 4 nitrogen and oxygen atoms in total. The minimum Gasteiger partial charge on any atom is -0.426 e. The molecular weight excluding hydrogens is 280 g/mol. The lowest BCUT2D eigenvalue weighted by atomic mass is 10.2. The van der Waals surface area contributed by atoms with E-state index in [2.05, 4.69) is 0 Å². The summed E-state index contributed by atoms with van der Waals surface area (Å²) in [6, 6.07) is 13.0. The van der Waals surface area contributed by atoms with Gasteiger partial charge in [0, 0.05) is 6.92 Å². The van der Waals surface area contributed by atoms with E-state index >= 15 is 0 Å². The molecule has 2 aromatic rings. The van der Waals surface area contributed by atoms with Gasteiger partial charge in [0.1, 0.15) is 17.1 Å². The molecule has 0 aliphatic rings. The minimum atomic E-state index is -0.644. The van der Waals surface area contributed by atoms with Gasteiger partial charge in [-0.2, -0.15) is 0 Å². The second kappa shape index (κ2) is 6.21. The van der Waals surface area contributed by atoms with E-state index in [0.717, 1.165) is 0 Å². The van der Waals surface area contributed by atoms with Crippen LogP contribution in [0.1, 0.15) is 17.3 Å². The van der Waals surface area contributed by atoms with Gasteiger partial charge in [0.05, 0.1) is 5.02 Å². The molecule has 0 aliphatic heterocycles. The number of para-hydroxylation sites is 2. The van der Waals surface area contributed by atoms with Gasteiger partial charge in [0.2, 0.25) is 0 Å². The lowest BCUT2D eigenvalue weighted by Crippen LogP contribution is -2.12. The van der Waals surface area contributed by atoms with E-state index < -0.39 is 11.9 Å². The lowest BCUT2D eigenvalue weighted by molar-refractivity contribution is -0.131. The highest BCUT2D eigenvalue weighted by Crippen LogP contribution is 2.26. The first-order valence-electron chi connectivity index (χ1n) is 5.82. The molecule has 0 N–H and O–H groups in total. The first kappa shape index (κ1) is 14.1. The molecule has 0 fully saturated rings. The molecule has 0 aliphatic carbocycles. The Labute approximate surface area is 120 Å². The molecule has 0 spiro atoms. The molecule has 0 unspecified atom stereocenters. The van der Waals surface area contributed by atoms with Crippen molar-refractivity contribution in [2.75, 3.05) is 0 Å². The van der Waals surface area contributed by atoms with Crippen molar-refractivity contribution in [2.45, 2.75) is 6.92 Å². The highest BCUT2D eigenvalue weighted by Gasteiger charge is 2.16. The fourth-order valence-corrected chi connectivity index (χ4v) is 1.74. The molecule has 5 heteroatoms. The predicted molar refractivity (Wildman–Crippen MR) is 74.2 cm³/mol. The molecule has 0 saturated heterocycles. The van der Waals surface area contributed by atoms with Crippen molar-refractivity contribution in [3.8, 4) is 11.5 Å². The average Bonchev–Trinajstić information content (AvgIpc) is 2.41. The van der Waals surface area contributed by atoms with Crippen LogP contribution in [0.5, 0.6) is 11.5 Å². The minimum absolute atomic E-state index is 0.150. The van der Waals surface area contributed by atoms with E-state index in [0.29, 0.717) is 5.02 Å². The van der Waals surface area contributed by atoms with Gasteiger partial charge in [0.15, 0.2) is 0 Å². The summed E-state index contributed by atoms with van der Waals surface area (Å²) in [5.74, 6) is -0.758. The summed E-state index contributed by atoms with van der Waals surface area (Å²) in [6.07, 6.45) is 0. The molecule has 2 aromatic carbocycles. The van der Waals surface area contributed by atoms with Crippen LogP contribution in [-0.4, -0.2) is 11.9 Å². The normalized spacial score (nSPS) is 9.90. The Morgan fingerprint density at radius 2 is 1.50 bits per heavy atom. The number of carbonyl (C=O) groups is 2.